The molecule has 4 N–H and O–H groups in total. The van der Waals surface area contributed by atoms with Crippen LogP contribution in [0.4, 0.5) is 0 Å². The van der Waals surface area contributed by atoms with Gasteiger partial charge < -0.3 is 16.3 Å². The summed E-state index contributed by atoms with van der Waals surface area (Å²) in [6.45, 7) is 2.71. The predicted octanol–water partition coefficient (Wildman–Crippen LogP) is 0.765. The maximum atomic E-state index is 12.4. The van der Waals surface area contributed by atoms with Gasteiger partial charge in [-0.2, -0.15) is 0 Å². The van der Waals surface area contributed by atoms with Crippen LogP contribution in [0, 0.1) is 0 Å². The normalized spacial score (nSPS) is 20.6. The Bertz CT molecular complexity index is 518. The van der Waals surface area contributed by atoms with Gasteiger partial charge in [-0.25, -0.2) is 8.42 Å². The van der Waals surface area contributed by atoms with E-state index in [4.69, 9.17) is 10.9 Å². The second kappa shape index (κ2) is 6.21. The molecule has 0 spiro atoms. The molecule has 0 atom stereocenters. The molecule has 0 saturated heterocycles. The lowest BCUT2D eigenvalue weighted by atomic mass is 9.88. The smallest absolute Gasteiger partial charge is 0.241 e. The average molecular weight is 319 g/mol. The van der Waals surface area contributed by atoms with Crippen LogP contribution in [0.3, 0.4) is 0 Å². The van der Waals surface area contributed by atoms with E-state index >= 15 is 0 Å². The van der Waals surface area contributed by atoms with Gasteiger partial charge in [0.05, 0.1) is 0 Å². The van der Waals surface area contributed by atoms with Gasteiger partial charge in [0, 0.05) is 6.26 Å². The lowest BCUT2D eigenvalue weighted by Gasteiger charge is -2.35. The fourth-order valence-electron chi connectivity index (χ4n) is 2.41. The van der Waals surface area contributed by atoms with E-state index in [2.05, 4.69) is 10.5 Å². The Kier molecular flexibility index (Phi) is 5.25. The SMILES string of the molecule is CC(C)(C(=O)NC1(C(N)=NO)CCCCCC1)S(C)(=O)=O. The van der Waals surface area contributed by atoms with Gasteiger partial charge in [-0.3, -0.25) is 4.79 Å². The first-order valence-electron chi connectivity index (χ1n) is 7.07. The van der Waals surface area contributed by atoms with Crippen LogP contribution in [-0.4, -0.2) is 41.9 Å². The van der Waals surface area contributed by atoms with Crippen molar-refractivity contribution in [1.29, 1.82) is 0 Å². The molecule has 1 fully saturated rings. The van der Waals surface area contributed by atoms with E-state index in [9.17, 15) is 13.2 Å². The molecule has 21 heavy (non-hydrogen) atoms. The Balaban J connectivity index is 3.11. The number of nitrogens with one attached hydrogen (secondary N) is 1. The number of sulfone groups is 1. The first-order valence-corrected chi connectivity index (χ1v) is 8.96. The zero-order valence-corrected chi connectivity index (χ0v) is 13.7. The van der Waals surface area contributed by atoms with E-state index in [1.54, 1.807) is 0 Å². The maximum Gasteiger partial charge on any atom is 0.241 e. The van der Waals surface area contributed by atoms with Gasteiger partial charge in [0.2, 0.25) is 5.91 Å². The highest BCUT2D eigenvalue weighted by molar-refractivity contribution is 7.92. The molecule has 0 aromatic rings. The quantitative estimate of drug-likeness (QED) is 0.232. The van der Waals surface area contributed by atoms with Gasteiger partial charge in [0.25, 0.3) is 0 Å². The van der Waals surface area contributed by atoms with Crippen molar-refractivity contribution in [3.63, 3.8) is 0 Å². The summed E-state index contributed by atoms with van der Waals surface area (Å²) in [5.41, 5.74) is 4.82. The summed E-state index contributed by atoms with van der Waals surface area (Å²) in [6.07, 6.45) is 5.77. The van der Waals surface area contributed by atoms with Crippen molar-refractivity contribution < 1.29 is 18.4 Å². The van der Waals surface area contributed by atoms with Gasteiger partial charge in [-0.1, -0.05) is 30.8 Å². The summed E-state index contributed by atoms with van der Waals surface area (Å²) < 4.78 is 22.0. The number of carbonyl (C=O) groups excluding carboxylic acids is 1. The summed E-state index contributed by atoms with van der Waals surface area (Å²) in [5.74, 6) is -0.694. The highest BCUT2D eigenvalue weighted by atomic mass is 32.2. The molecule has 7 nitrogen and oxygen atoms in total. The third-order valence-electron chi connectivity index (χ3n) is 4.38. The van der Waals surface area contributed by atoms with Crippen molar-refractivity contribution in [3.05, 3.63) is 0 Å². The molecule has 1 rings (SSSR count). The molecule has 1 aliphatic carbocycles. The fourth-order valence-corrected chi connectivity index (χ4v) is 2.80. The summed E-state index contributed by atoms with van der Waals surface area (Å²) >= 11 is 0. The highest BCUT2D eigenvalue weighted by Crippen LogP contribution is 2.29. The number of nitrogens with two attached hydrogens (primary N) is 1. The van der Waals surface area contributed by atoms with Gasteiger partial charge in [0.15, 0.2) is 15.7 Å². The molecule has 8 heteroatoms. The summed E-state index contributed by atoms with van der Waals surface area (Å²) in [7, 11) is -3.58. The van der Waals surface area contributed by atoms with Crippen LogP contribution in [0.1, 0.15) is 52.4 Å². The van der Waals surface area contributed by atoms with Crippen LogP contribution >= 0.6 is 0 Å². The van der Waals surface area contributed by atoms with Crippen molar-refractivity contribution in [2.75, 3.05) is 6.26 Å². The number of amidine groups is 1. The molecular formula is C13H25N3O4S. The Morgan fingerprint density at radius 2 is 1.71 bits per heavy atom. The van der Waals surface area contributed by atoms with Crippen LogP contribution in [0.5, 0.6) is 0 Å². The van der Waals surface area contributed by atoms with E-state index in [0.717, 1.165) is 31.9 Å². The number of amides is 1. The van der Waals surface area contributed by atoms with Crippen molar-refractivity contribution in [1.82, 2.24) is 5.32 Å². The molecule has 0 heterocycles. The number of oxime groups is 1. The van der Waals surface area contributed by atoms with Crippen LogP contribution in [0.2, 0.25) is 0 Å². The zero-order chi connectivity index (χ0) is 16.3. The van der Waals surface area contributed by atoms with Crippen molar-refractivity contribution in [3.8, 4) is 0 Å². The van der Waals surface area contributed by atoms with Crippen LogP contribution in [-0.2, 0) is 14.6 Å². The third-order valence-corrected chi connectivity index (χ3v) is 6.42. The molecular weight excluding hydrogens is 294 g/mol. The second-order valence-corrected chi connectivity index (χ2v) is 8.78. The van der Waals surface area contributed by atoms with Gasteiger partial charge in [0.1, 0.15) is 10.3 Å². The molecule has 0 aromatic carbocycles. The van der Waals surface area contributed by atoms with E-state index in [0.29, 0.717) is 12.8 Å². The Hall–Kier alpha value is -1.31. The monoisotopic (exact) mass is 319 g/mol. The topological polar surface area (TPSA) is 122 Å². The Morgan fingerprint density at radius 3 is 2.10 bits per heavy atom. The Labute approximate surface area is 125 Å². The average Bonchev–Trinajstić information content (AvgIpc) is 2.62. The van der Waals surface area contributed by atoms with Gasteiger partial charge >= 0.3 is 0 Å². The first-order chi connectivity index (χ1) is 9.57. The van der Waals surface area contributed by atoms with E-state index in [1.807, 2.05) is 0 Å². The lowest BCUT2D eigenvalue weighted by molar-refractivity contribution is -0.124. The number of rotatable bonds is 4. The predicted molar refractivity (Wildman–Crippen MR) is 80.9 cm³/mol. The molecule has 0 radical (unpaired) electrons. The van der Waals surface area contributed by atoms with Crippen molar-refractivity contribution in [2.45, 2.75) is 62.7 Å². The van der Waals surface area contributed by atoms with Crippen LogP contribution in [0.25, 0.3) is 0 Å². The minimum absolute atomic E-state index is 0.0675. The molecule has 122 valence electrons. The van der Waals surface area contributed by atoms with Gasteiger partial charge in [-0.15, -0.1) is 0 Å². The Morgan fingerprint density at radius 1 is 1.24 bits per heavy atom. The van der Waals surface area contributed by atoms with Crippen molar-refractivity contribution in [2.24, 2.45) is 10.9 Å². The number of hydrogen-bond donors (Lipinski definition) is 3. The summed E-state index contributed by atoms with van der Waals surface area (Å²) in [6, 6.07) is 0. The minimum Gasteiger partial charge on any atom is -0.409 e. The molecule has 1 saturated carbocycles. The molecule has 0 aromatic heterocycles. The molecule has 1 amide bonds. The maximum absolute atomic E-state index is 12.4. The fraction of sp³-hybridized carbons (Fsp3) is 0.846. The summed E-state index contributed by atoms with van der Waals surface area (Å²) in [5, 5.41) is 14.8. The third kappa shape index (κ3) is 3.66. The number of carbonyl (C=O) groups is 1. The van der Waals surface area contributed by atoms with E-state index < -0.39 is 26.0 Å². The van der Waals surface area contributed by atoms with E-state index in [1.165, 1.54) is 13.8 Å². The van der Waals surface area contributed by atoms with Crippen molar-refractivity contribution >= 4 is 21.6 Å². The van der Waals surface area contributed by atoms with Crippen LogP contribution in [0.15, 0.2) is 5.16 Å². The first kappa shape index (κ1) is 17.7. The molecule has 0 unspecified atom stereocenters. The standard InChI is InChI=1S/C13H25N3O4S/c1-12(2,21(3,19)20)11(17)15-13(10(14)16-18)8-6-4-5-7-9-13/h18H,4-9H2,1-3H3,(H2,14,16)(H,15,17). The highest BCUT2D eigenvalue weighted by Gasteiger charge is 2.44. The largest absolute Gasteiger partial charge is 0.409 e. The molecule has 1 aliphatic rings. The molecule has 0 bridgehead atoms. The number of nitrogens with zero attached hydrogens (tertiary/aromatic N) is 1. The number of hydrogen-bond acceptors (Lipinski definition) is 5. The van der Waals surface area contributed by atoms with Crippen LogP contribution < -0.4 is 11.1 Å². The molecule has 0 aliphatic heterocycles. The summed E-state index contributed by atoms with van der Waals surface area (Å²) in [4.78, 5) is 12.4. The van der Waals surface area contributed by atoms with Gasteiger partial charge in [-0.05, 0) is 26.7 Å². The van der Waals surface area contributed by atoms with E-state index in [-0.39, 0.29) is 5.84 Å². The second-order valence-electron chi connectivity index (χ2n) is 6.22. The lowest BCUT2D eigenvalue weighted by Crippen LogP contribution is -2.62. The zero-order valence-electron chi connectivity index (χ0n) is 12.8. The minimum atomic E-state index is -3.58.